The summed E-state index contributed by atoms with van der Waals surface area (Å²) < 4.78 is 19.5. The maximum Gasteiger partial charge on any atom is 0.134 e. The topological polar surface area (TPSA) is 38.9 Å². The van der Waals surface area contributed by atoms with Crippen LogP contribution in [0.25, 0.3) is 54.9 Å². The second-order valence-electron chi connectivity index (χ2n) is 7.41. The van der Waals surface area contributed by atoms with Crippen molar-refractivity contribution in [1.82, 2.24) is 9.97 Å². The molecule has 0 aliphatic rings. The van der Waals surface area contributed by atoms with E-state index in [-0.39, 0.29) is 25.9 Å². The Morgan fingerprint density at radius 1 is 0.758 bits per heavy atom. The van der Waals surface area contributed by atoms with Gasteiger partial charge in [-0.25, -0.2) is 0 Å². The molecular weight excluding hydrogens is 592 g/mol. The molecule has 161 valence electrons. The van der Waals surface area contributed by atoms with Gasteiger partial charge in [0.15, 0.2) is 0 Å². The maximum absolute atomic E-state index is 13.6. The Kier molecular flexibility index (Phi) is 5.59. The smallest absolute Gasteiger partial charge is 0.134 e. The van der Waals surface area contributed by atoms with Gasteiger partial charge < -0.3 is 14.4 Å². The molecule has 0 aliphatic carbocycles. The van der Waals surface area contributed by atoms with E-state index in [9.17, 15) is 4.39 Å². The predicted molar refractivity (Wildman–Crippen MR) is 125 cm³/mol. The van der Waals surface area contributed by atoms with Crippen molar-refractivity contribution in [3.8, 4) is 11.3 Å². The van der Waals surface area contributed by atoms with Crippen LogP contribution in [0.5, 0.6) is 0 Å². The van der Waals surface area contributed by atoms with E-state index >= 15 is 0 Å². The van der Waals surface area contributed by atoms with Gasteiger partial charge in [-0.05, 0) is 29.3 Å². The van der Waals surface area contributed by atoms with E-state index in [1.54, 1.807) is 12.4 Å². The van der Waals surface area contributed by atoms with Crippen LogP contribution in [0.15, 0.2) is 95.7 Å². The van der Waals surface area contributed by atoms with Crippen LogP contribution in [0.4, 0.5) is 4.39 Å². The van der Waals surface area contributed by atoms with Crippen molar-refractivity contribution in [2.75, 3.05) is 0 Å². The normalized spacial score (nSPS) is 10.9. The first-order valence-corrected chi connectivity index (χ1v) is 10.2. The fraction of sp³-hybridized carbons (Fsp3) is 0. The molecule has 0 fully saturated rings. The van der Waals surface area contributed by atoms with Crippen LogP contribution in [0.2, 0.25) is 0 Å². The summed E-state index contributed by atoms with van der Waals surface area (Å²) in [6.45, 7) is 0. The summed E-state index contributed by atoms with van der Waals surface area (Å²) in [5.74, 6) is -0.292. The summed E-state index contributed by atoms with van der Waals surface area (Å²) in [6, 6.07) is 30.4. The monoisotopic (exact) mass is 607 g/mol. The van der Waals surface area contributed by atoms with Gasteiger partial charge in [0.25, 0.3) is 0 Å². The van der Waals surface area contributed by atoms with Crippen LogP contribution in [-0.2, 0) is 20.1 Å². The van der Waals surface area contributed by atoms with Crippen molar-refractivity contribution in [2.24, 2.45) is 0 Å². The summed E-state index contributed by atoms with van der Waals surface area (Å²) in [5, 5.41) is 4.64. The molecule has 4 aromatic carbocycles. The average molecular weight is 607 g/mol. The van der Waals surface area contributed by atoms with Gasteiger partial charge in [0.05, 0.1) is 0 Å². The molecule has 0 saturated heterocycles. The van der Waals surface area contributed by atoms with Crippen LogP contribution >= 0.6 is 0 Å². The molecule has 0 aliphatic heterocycles. The molecule has 3 heterocycles. The number of furan rings is 1. The average Bonchev–Trinajstić information content (AvgIpc) is 3.24. The first-order chi connectivity index (χ1) is 15.8. The second-order valence-corrected chi connectivity index (χ2v) is 7.41. The molecule has 0 spiro atoms. The molecular formula is C28H15FIrN2O-2. The largest absolute Gasteiger partial charge is 0.457 e. The Hall–Kier alpha value is -3.66. The van der Waals surface area contributed by atoms with E-state index in [0.29, 0.717) is 0 Å². The molecule has 7 aromatic rings. The van der Waals surface area contributed by atoms with Crippen molar-refractivity contribution < 1.29 is 28.9 Å². The van der Waals surface area contributed by atoms with E-state index in [4.69, 9.17) is 4.42 Å². The Bertz CT molecular complexity index is 1640. The molecule has 0 N–H and O–H groups in total. The molecule has 33 heavy (non-hydrogen) atoms. The van der Waals surface area contributed by atoms with E-state index in [1.165, 1.54) is 12.1 Å². The molecule has 0 amide bonds. The summed E-state index contributed by atoms with van der Waals surface area (Å²) in [5.41, 5.74) is 4.44. The molecule has 1 radical (unpaired) electrons. The number of benzene rings is 4. The van der Waals surface area contributed by atoms with Crippen molar-refractivity contribution in [1.29, 1.82) is 0 Å². The quantitative estimate of drug-likeness (QED) is 0.147. The third kappa shape index (κ3) is 3.66. The van der Waals surface area contributed by atoms with Crippen molar-refractivity contribution in [2.45, 2.75) is 0 Å². The number of nitrogens with zero attached hydrogens (tertiary/aromatic N) is 2. The molecule has 3 nitrogen and oxygen atoms in total. The van der Waals surface area contributed by atoms with Crippen LogP contribution in [0, 0.1) is 17.9 Å². The fourth-order valence-electron chi connectivity index (χ4n) is 4.13. The minimum atomic E-state index is -0.292. The van der Waals surface area contributed by atoms with Crippen LogP contribution in [0.1, 0.15) is 0 Å². The van der Waals surface area contributed by atoms with E-state index in [1.807, 2.05) is 66.7 Å². The number of rotatable bonds is 1. The van der Waals surface area contributed by atoms with Gasteiger partial charge in [0, 0.05) is 54.6 Å². The van der Waals surface area contributed by atoms with Gasteiger partial charge in [-0.1, -0.05) is 29.7 Å². The number of halogens is 1. The van der Waals surface area contributed by atoms with Crippen LogP contribution < -0.4 is 0 Å². The molecule has 3 aromatic heterocycles. The van der Waals surface area contributed by atoms with Gasteiger partial charge in [-0.2, -0.15) is 0 Å². The van der Waals surface area contributed by atoms with Crippen LogP contribution in [0.3, 0.4) is 0 Å². The molecule has 0 bridgehead atoms. The number of pyridine rings is 2. The number of aromatic nitrogens is 2. The van der Waals surface area contributed by atoms with E-state index in [2.05, 4.69) is 22.1 Å². The van der Waals surface area contributed by atoms with Gasteiger partial charge in [-0.15, -0.1) is 59.5 Å². The summed E-state index contributed by atoms with van der Waals surface area (Å²) >= 11 is 0. The van der Waals surface area contributed by atoms with Gasteiger partial charge in [-0.3, -0.25) is 4.39 Å². The molecule has 0 atom stereocenters. The zero-order valence-corrected chi connectivity index (χ0v) is 19.6. The van der Waals surface area contributed by atoms with Gasteiger partial charge >= 0.3 is 0 Å². The van der Waals surface area contributed by atoms with Crippen LogP contribution in [-0.4, -0.2) is 9.97 Å². The SMILES string of the molecule is Fc1c[c-]c2c(c1)c1cccc3oc4ccnc2c4c31.[Ir].[c-]1ccccc1-c1ccccn1. The Morgan fingerprint density at radius 3 is 2.45 bits per heavy atom. The van der Waals surface area contributed by atoms with Crippen molar-refractivity contribution in [3.05, 3.63) is 109 Å². The predicted octanol–water partition coefficient (Wildman–Crippen LogP) is 7.21. The fourth-order valence-corrected chi connectivity index (χ4v) is 4.13. The summed E-state index contributed by atoms with van der Waals surface area (Å²) in [7, 11) is 0. The first kappa shape index (κ1) is 21.2. The van der Waals surface area contributed by atoms with E-state index in [0.717, 1.165) is 54.9 Å². The minimum absolute atomic E-state index is 0. The van der Waals surface area contributed by atoms with Crippen molar-refractivity contribution >= 4 is 43.6 Å². The minimum Gasteiger partial charge on any atom is -0.457 e. The number of hydrogen-bond donors (Lipinski definition) is 0. The van der Waals surface area contributed by atoms with E-state index < -0.39 is 0 Å². The molecule has 5 heteroatoms. The number of fused-ring (bicyclic) bond motifs is 3. The standard InChI is InChI=1S/C17H7FNO.C11H8N.Ir/c18-9-4-5-11-12(8-9)10-2-1-3-13-15(10)16-14(20-13)6-7-19-17(11)16;1-2-6-10(7-3-1)11-8-4-5-9-12-11;/h1-4,6-8H;1-6,8-9H;/q2*-1;. The Labute approximate surface area is 202 Å². The molecule has 0 saturated carbocycles. The van der Waals surface area contributed by atoms with Crippen molar-refractivity contribution in [3.63, 3.8) is 0 Å². The third-order valence-corrected chi connectivity index (χ3v) is 5.49. The Morgan fingerprint density at radius 2 is 1.64 bits per heavy atom. The Balaban J connectivity index is 0.000000152. The molecule has 7 rings (SSSR count). The first-order valence-electron chi connectivity index (χ1n) is 10.2. The second kappa shape index (κ2) is 8.70. The summed E-state index contributed by atoms with van der Waals surface area (Å²) in [6.07, 6.45) is 3.50. The maximum atomic E-state index is 13.6. The molecule has 0 unspecified atom stereocenters. The number of hydrogen-bond acceptors (Lipinski definition) is 3. The summed E-state index contributed by atoms with van der Waals surface area (Å²) in [4.78, 5) is 8.67. The third-order valence-electron chi connectivity index (χ3n) is 5.49. The zero-order valence-electron chi connectivity index (χ0n) is 17.2. The van der Waals surface area contributed by atoms with Gasteiger partial charge in [0.1, 0.15) is 11.2 Å². The zero-order chi connectivity index (χ0) is 21.5. The van der Waals surface area contributed by atoms with Gasteiger partial charge in [0.2, 0.25) is 0 Å².